The number of hydrogen-bond donors (Lipinski definition) is 0. The van der Waals surface area contributed by atoms with Crippen molar-refractivity contribution in [2.45, 2.75) is 76.3 Å². The third-order valence-electron chi connectivity index (χ3n) is 7.01. The highest BCUT2D eigenvalue weighted by Gasteiger charge is 2.42. The second-order valence-corrected chi connectivity index (χ2v) is 16.6. The SMILES string of the molecule is CC(C)(C)[Si](C)(C)OC[C@@]1(C)C=C(CSc2ccccc2)CC[C@@H]1OCc1ccccc1. The molecule has 0 aliphatic heterocycles. The average Bonchev–Trinajstić information content (AvgIpc) is 2.76. The maximum absolute atomic E-state index is 6.74. The number of hydrogen-bond acceptors (Lipinski definition) is 3. The number of rotatable bonds is 9. The van der Waals surface area contributed by atoms with Crippen molar-refractivity contribution in [3.05, 3.63) is 77.9 Å². The van der Waals surface area contributed by atoms with Crippen molar-refractivity contribution < 1.29 is 9.16 Å². The van der Waals surface area contributed by atoms with Crippen LogP contribution in [0, 0.1) is 5.41 Å². The highest BCUT2D eigenvalue weighted by molar-refractivity contribution is 7.99. The van der Waals surface area contributed by atoms with Crippen molar-refractivity contribution in [3.63, 3.8) is 0 Å². The fraction of sp³-hybridized carbons (Fsp3) is 0.500. The van der Waals surface area contributed by atoms with Crippen LogP contribution in [0.5, 0.6) is 0 Å². The van der Waals surface area contributed by atoms with Crippen LogP contribution in [0.2, 0.25) is 18.1 Å². The molecule has 0 unspecified atom stereocenters. The Morgan fingerprint density at radius 3 is 2.25 bits per heavy atom. The minimum Gasteiger partial charge on any atom is -0.416 e. The lowest BCUT2D eigenvalue weighted by atomic mass is 9.76. The van der Waals surface area contributed by atoms with Gasteiger partial charge in [-0.3, -0.25) is 0 Å². The fourth-order valence-electron chi connectivity index (χ4n) is 3.82. The Morgan fingerprint density at radius 1 is 1.00 bits per heavy atom. The fourth-order valence-corrected chi connectivity index (χ4v) is 5.85. The minimum absolute atomic E-state index is 0.116. The molecule has 0 heterocycles. The van der Waals surface area contributed by atoms with Gasteiger partial charge in [0.05, 0.1) is 12.7 Å². The molecule has 0 N–H and O–H groups in total. The normalized spacial score (nSPS) is 21.9. The molecule has 0 spiro atoms. The summed E-state index contributed by atoms with van der Waals surface area (Å²) in [6.45, 7) is 15.3. The largest absolute Gasteiger partial charge is 0.416 e. The van der Waals surface area contributed by atoms with Crippen LogP contribution in [-0.4, -0.2) is 26.8 Å². The molecule has 4 heteroatoms. The van der Waals surface area contributed by atoms with Gasteiger partial charge >= 0.3 is 0 Å². The topological polar surface area (TPSA) is 18.5 Å². The smallest absolute Gasteiger partial charge is 0.192 e. The van der Waals surface area contributed by atoms with Crippen molar-refractivity contribution >= 4 is 20.1 Å². The van der Waals surface area contributed by atoms with Crippen LogP contribution in [0.3, 0.4) is 0 Å². The molecule has 3 rings (SSSR count). The lowest BCUT2D eigenvalue weighted by Crippen LogP contribution is -2.47. The monoisotopic (exact) mass is 468 g/mol. The second kappa shape index (κ2) is 10.7. The molecule has 1 aliphatic carbocycles. The average molecular weight is 469 g/mol. The van der Waals surface area contributed by atoms with E-state index >= 15 is 0 Å². The van der Waals surface area contributed by atoms with Crippen LogP contribution in [0.1, 0.15) is 46.1 Å². The molecule has 0 amide bonds. The van der Waals surface area contributed by atoms with E-state index in [1.165, 1.54) is 16.0 Å². The zero-order valence-electron chi connectivity index (χ0n) is 20.7. The van der Waals surface area contributed by atoms with Crippen molar-refractivity contribution in [2.75, 3.05) is 12.4 Å². The van der Waals surface area contributed by atoms with E-state index in [0.29, 0.717) is 6.61 Å². The van der Waals surface area contributed by atoms with E-state index in [-0.39, 0.29) is 16.6 Å². The van der Waals surface area contributed by atoms with Gasteiger partial charge in [-0.15, -0.1) is 11.8 Å². The molecule has 174 valence electrons. The van der Waals surface area contributed by atoms with E-state index in [0.717, 1.165) is 25.2 Å². The molecule has 2 atom stereocenters. The number of thioether (sulfide) groups is 1. The molecule has 0 saturated carbocycles. The first-order chi connectivity index (χ1) is 15.1. The standard InChI is InChI=1S/C28H40O2SSi/c1-27(2,3)32(5,6)30-22-28(4)19-24(21-31-25-15-11-8-12-16-25)17-18-26(28)29-20-23-13-9-7-10-14-23/h7-16,19,26H,17-18,20-22H2,1-6H3/t26-,28+/m0/s1. The highest BCUT2D eigenvalue weighted by Crippen LogP contribution is 2.42. The van der Waals surface area contributed by atoms with Crippen molar-refractivity contribution in [1.82, 2.24) is 0 Å². The van der Waals surface area contributed by atoms with E-state index in [2.05, 4.69) is 108 Å². The summed E-state index contributed by atoms with van der Waals surface area (Å²) in [5.74, 6) is 1.03. The maximum Gasteiger partial charge on any atom is 0.192 e. The molecule has 2 aromatic rings. The molecule has 0 radical (unpaired) electrons. The van der Waals surface area contributed by atoms with Crippen LogP contribution >= 0.6 is 11.8 Å². The van der Waals surface area contributed by atoms with Crippen LogP contribution in [0.25, 0.3) is 0 Å². The summed E-state index contributed by atoms with van der Waals surface area (Å²) in [6, 6.07) is 21.2. The first-order valence-electron chi connectivity index (χ1n) is 11.8. The van der Waals surface area contributed by atoms with Gasteiger partial charge in [-0.25, -0.2) is 0 Å². The molecular formula is C28H40O2SSi. The highest BCUT2D eigenvalue weighted by atomic mass is 32.2. The Labute approximate surface area is 200 Å². The molecule has 32 heavy (non-hydrogen) atoms. The molecule has 0 bridgehead atoms. The molecule has 2 nitrogen and oxygen atoms in total. The number of ether oxygens (including phenoxy) is 1. The maximum atomic E-state index is 6.74. The summed E-state index contributed by atoms with van der Waals surface area (Å²) in [5.41, 5.74) is 2.63. The first kappa shape index (κ1) is 25.3. The summed E-state index contributed by atoms with van der Waals surface area (Å²) < 4.78 is 13.3. The van der Waals surface area contributed by atoms with Crippen molar-refractivity contribution in [3.8, 4) is 0 Å². The van der Waals surface area contributed by atoms with E-state index in [4.69, 9.17) is 9.16 Å². The zero-order chi connectivity index (χ0) is 23.2. The minimum atomic E-state index is -1.84. The summed E-state index contributed by atoms with van der Waals surface area (Å²) in [6.07, 6.45) is 4.79. The quantitative estimate of drug-likeness (QED) is 0.210. The third kappa shape index (κ3) is 6.83. The van der Waals surface area contributed by atoms with Gasteiger partial charge in [0.1, 0.15) is 0 Å². The second-order valence-electron chi connectivity index (χ2n) is 10.8. The Hall–Kier alpha value is -1.33. The van der Waals surface area contributed by atoms with Crippen LogP contribution in [-0.2, 0) is 15.8 Å². The van der Waals surface area contributed by atoms with Gasteiger partial charge in [0.15, 0.2) is 8.32 Å². The van der Waals surface area contributed by atoms with E-state index in [9.17, 15) is 0 Å². The lowest BCUT2D eigenvalue weighted by Gasteiger charge is -2.43. The van der Waals surface area contributed by atoms with Crippen molar-refractivity contribution in [1.29, 1.82) is 0 Å². The van der Waals surface area contributed by atoms with Gasteiger partial charge in [0.25, 0.3) is 0 Å². The predicted octanol–water partition coefficient (Wildman–Crippen LogP) is 8.11. The van der Waals surface area contributed by atoms with Crippen LogP contribution < -0.4 is 0 Å². The van der Waals surface area contributed by atoms with Gasteiger partial charge in [0, 0.05) is 22.7 Å². The molecule has 0 saturated heterocycles. The summed E-state index contributed by atoms with van der Waals surface area (Å²) in [4.78, 5) is 1.33. The summed E-state index contributed by atoms with van der Waals surface area (Å²) in [5, 5.41) is 0.203. The predicted molar refractivity (Wildman–Crippen MR) is 141 cm³/mol. The van der Waals surface area contributed by atoms with Gasteiger partial charge in [-0.05, 0) is 48.7 Å². The molecular weight excluding hydrogens is 428 g/mol. The molecule has 2 aromatic carbocycles. The van der Waals surface area contributed by atoms with Crippen LogP contribution in [0.15, 0.2) is 77.2 Å². The zero-order valence-corrected chi connectivity index (χ0v) is 22.5. The van der Waals surface area contributed by atoms with E-state index in [1.54, 1.807) is 0 Å². The number of benzene rings is 2. The Morgan fingerprint density at radius 2 is 1.62 bits per heavy atom. The summed E-state index contributed by atoms with van der Waals surface area (Å²) >= 11 is 1.93. The van der Waals surface area contributed by atoms with Gasteiger partial charge < -0.3 is 9.16 Å². The Balaban J connectivity index is 1.74. The first-order valence-corrected chi connectivity index (χ1v) is 15.7. The van der Waals surface area contributed by atoms with E-state index in [1.807, 2.05) is 11.8 Å². The van der Waals surface area contributed by atoms with Crippen molar-refractivity contribution in [2.24, 2.45) is 5.41 Å². The Kier molecular flexibility index (Phi) is 8.48. The molecule has 1 aliphatic rings. The van der Waals surface area contributed by atoms with E-state index < -0.39 is 8.32 Å². The third-order valence-corrected chi connectivity index (χ3v) is 12.6. The Bertz CT molecular complexity index is 873. The van der Waals surface area contributed by atoms with Gasteiger partial charge in [0.2, 0.25) is 0 Å². The van der Waals surface area contributed by atoms with Crippen LogP contribution in [0.4, 0.5) is 0 Å². The van der Waals surface area contributed by atoms with Gasteiger partial charge in [-0.2, -0.15) is 0 Å². The lowest BCUT2D eigenvalue weighted by molar-refractivity contribution is -0.0501. The van der Waals surface area contributed by atoms with Gasteiger partial charge in [-0.1, -0.05) is 87.9 Å². The molecule has 0 fully saturated rings. The summed E-state index contributed by atoms with van der Waals surface area (Å²) in [7, 11) is -1.84. The molecule has 0 aromatic heterocycles.